The molecule has 0 radical (unpaired) electrons. The molecule has 1 fully saturated rings. The van der Waals surface area contributed by atoms with Gasteiger partial charge < -0.3 is 20.2 Å². The van der Waals surface area contributed by atoms with Crippen LogP contribution in [0.2, 0.25) is 0 Å². The summed E-state index contributed by atoms with van der Waals surface area (Å²) in [5.41, 5.74) is 7.43. The molecule has 0 bridgehead atoms. The van der Waals surface area contributed by atoms with Crippen molar-refractivity contribution in [3.63, 3.8) is 0 Å². The predicted octanol–water partition coefficient (Wildman–Crippen LogP) is 4.01. The minimum atomic E-state index is -0.182. The maximum absolute atomic E-state index is 12.9. The van der Waals surface area contributed by atoms with Gasteiger partial charge in [0, 0.05) is 23.0 Å². The fraction of sp³-hybridized carbons (Fsp3) is 0.318. The van der Waals surface area contributed by atoms with Crippen LogP contribution in [0.1, 0.15) is 41.8 Å². The molecule has 140 valence electrons. The number of amides is 1. The fourth-order valence-corrected chi connectivity index (χ4v) is 3.61. The molecule has 27 heavy (non-hydrogen) atoms. The number of ether oxygens (including phenoxy) is 1. The molecule has 0 aliphatic heterocycles. The molecule has 3 aromatic rings. The summed E-state index contributed by atoms with van der Waals surface area (Å²) in [7, 11) is 0. The van der Waals surface area contributed by atoms with Crippen LogP contribution in [0.25, 0.3) is 11.0 Å². The molecule has 0 spiro atoms. The zero-order valence-electron chi connectivity index (χ0n) is 15.2. The lowest BCUT2D eigenvalue weighted by atomic mass is 9.92. The van der Waals surface area contributed by atoms with Crippen LogP contribution in [0.15, 0.2) is 59.0 Å². The van der Waals surface area contributed by atoms with Crippen molar-refractivity contribution >= 4 is 16.9 Å². The highest BCUT2D eigenvalue weighted by atomic mass is 16.5. The zero-order chi connectivity index (χ0) is 18.6. The number of rotatable bonds is 5. The number of benzene rings is 2. The Morgan fingerprint density at radius 3 is 2.52 bits per heavy atom. The van der Waals surface area contributed by atoms with Gasteiger partial charge >= 0.3 is 0 Å². The Balaban J connectivity index is 1.56. The number of nitrogens with one attached hydrogen (secondary N) is 1. The van der Waals surface area contributed by atoms with E-state index in [2.05, 4.69) is 5.32 Å². The highest BCUT2D eigenvalue weighted by Crippen LogP contribution is 2.28. The fourth-order valence-electron chi connectivity index (χ4n) is 3.61. The summed E-state index contributed by atoms with van der Waals surface area (Å²) in [6.07, 6.45) is 3.69. The summed E-state index contributed by atoms with van der Waals surface area (Å²) < 4.78 is 11.8. The van der Waals surface area contributed by atoms with E-state index >= 15 is 0 Å². The van der Waals surface area contributed by atoms with Crippen LogP contribution in [0.4, 0.5) is 0 Å². The van der Waals surface area contributed by atoms with Crippen molar-refractivity contribution in [2.75, 3.05) is 0 Å². The van der Waals surface area contributed by atoms with Crippen LogP contribution in [-0.2, 0) is 6.61 Å². The van der Waals surface area contributed by atoms with Crippen LogP contribution < -0.4 is 15.8 Å². The summed E-state index contributed by atoms with van der Waals surface area (Å²) >= 11 is 0. The van der Waals surface area contributed by atoms with Gasteiger partial charge in [0.1, 0.15) is 17.9 Å². The van der Waals surface area contributed by atoms with Gasteiger partial charge in [0.15, 0.2) is 5.76 Å². The van der Waals surface area contributed by atoms with Gasteiger partial charge in [-0.2, -0.15) is 0 Å². The molecular formula is C22H24N2O3. The monoisotopic (exact) mass is 364 g/mol. The molecule has 1 heterocycles. The van der Waals surface area contributed by atoms with Crippen molar-refractivity contribution in [2.45, 2.75) is 44.4 Å². The summed E-state index contributed by atoms with van der Waals surface area (Å²) in [5, 5.41) is 4.02. The number of fused-ring (bicyclic) bond motifs is 1. The van der Waals surface area contributed by atoms with E-state index in [1.807, 2.05) is 54.6 Å². The summed E-state index contributed by atoms with van der Waals surface area (Å²) in [6.45, 7) is 0.277. The van der Waals surface area contributed by atoms with Crippen molar-refractivity contribution in [1.82, 2.24) is 5.32 Å². The maximum atomic E-state index is 12.9. The molecule has 2 aromatic carbocycles. The molecular weight excluding hydrogens is 340 g/mol. The average molecular weight is 364 g/mol. The third kappa shape index (κ3) is 3.98. The second-order valence-corrected chi connectivity index (χ2v) is 7.09. The lowest BCUT2D eigenvalue weighted by Crippen LogP contribution is -2.40. The van der Waals surface area contributed by atoms with Crippen molar-refractivity contribution in [2.24, 2.45) is 5.73 Å². The van der Waals surface area contributed by atoms with Crippen molar-refractivity contribution < 1.29 is 13.9 Å². The second kappa shape index (κ2) is 7.84. The van der Waals surface area contributed by atoms with Gasteiger partial charge in [-0.05, 0) is 43.9 Å². The van der Waals surface area contributed by atoms with E-state index in [1.165, 1.54) is 0 Å². The van der Waals surface area contributed by atoms with E-state index < -0.39 is 0 Å². The van der Waals surface area contributed by atoms with E-state index in [4.69, 9.17) is 14.9 Å². The van der Waals surface area contributed by atoms with Crippen LogP contribution >= 0.6 is 0 Å². The Kier molecular flexibility index (Phi) is 5.12. The highest BCUT2D eigenvalue weighted by molar-refractivity contribution is 5.99. The lowest BCUT2D eigenvalue weighted by Gasteiger charge is -2.26. The van der Waals surface area contributed by atoms with Gasteiger partial charge in [0.2, 0.25) is 0 Å². The molecule has 0 atom stereocenters. The molecule has 0 saturated heterocycles. The van der Waals surface area contributed by atoms with Crippen molar-refractivity contribution in [3.8, 4) is 5.75 Å². The first kappa shape index (κ1) is 17.6. The predicted molar refractivity (Wildman–Crippen MR) is 105 cm³/mol. The molecule has 1 aliphatic carbocycles. The van der Waals surface area contributed by atoms with Crippen molar-refractivity contribution in [1.29, 1.82) is 0 Å². The molecule has 0 unspecified atom stereocenters. The number of carbonyl (C=O) groups is 1. The topological polar surface area (TPSA) is 77.5 Å². The Morgan fingerprint density at radius 2 is 1.74 bits per heavy atom. The molecule has 1 aromatic heterocycles. The van der Waals surface area contributed by atoms with Gasteiger partial charge in [0.05, 0.1) is 0 Å². The normalized spacial score (nSPS) is 19.7. The van der Waals surface area contributed by atoms with Crippen molar-refractivity contribution in [3.05, 3.63) is 65.9 Å². The SMILES string of the molecule is NC1CCC(NC(=O)c2oc3ccccc3c2COc2ccccc2)CC1. The molecule has 4 rings (SSSR count). The van der Waals surface area contributed by atoms with Gasteiger partial charge in [-0.1, -0.05) is 36.4 Å². The summed E-state index contributed by atoms with van der Waals surface area (Å²) in [6, 6.07) is 17.6. The van der Waals surface area contributed by atoms with Crippen LogP contribution in [0.3, 0.4) is 0 Å². The quantitative estimate of drug-likeness (QED) is 0.717. The Labute approximate surface area is 158 Å². The maximum Gasteiger partial charge on any atom is 0.287 e. The van der Waals surface area contributed by atoms with Gasteiger partial charge in [0.25, 0.3) is 5.91 Å². The standard InChI is InChI=1S/C22H24N2O3/c23-15-10-12-16(13-11-15)24-22(25)21-19(14-26-17-6-2-1-3-7-17)18-8-4-5-9-20(18)27-21/h1-9,15-16H,10-14,23H2,(H,24,25). The van der Waals surface area contributed by atoms with Crippen LogP contribution in [-0.4, -0.2) is 18.0 Å². The van der Waals surface area contributed by atoms with Gasteiger partial charge in [-0.15, -0.1) is 0 Å². The molecule has 5 nitrogen and oxygen atoms in total. The number of hydrogen-bond donors (Lipinski definition) is 2. The molecule has 1 aliphatic rings. The molecule has 1 amide bonds. The van der Waals surface area contributed by atoms with Gasteiger partial charge in [-0.25, -0.2) is 0 Å². The van der Waals surface area contributed by atoms with Crippen LogP contribution in [0.5, 0.6) is 5.75 Å². The van der Waals surface area contributed by atoms with Gasteiger partial charge in [-0.3, -0.25) is 4.79 Å². The molecule has 3 N–H and O–H groups in total. The summed E-state index contributed by atoms with van der Waals surface area (Å²) in [5.74, 6) is 0.913. The molecule has 1 saturated carbocycles. The highest BCUT2D eigenvalue weighted by Gasteiger charge is 2.25. The third-order valence-electron chi connectivity index (χ3n) is 5.14. The third-order valence-corrected chi connectivity index (χ3v) is 5.14. The minimum Gasteiger partial charge on any atom is -0.489 e. The number of hydrogen-bond acceptors (Lipinski definition) is 4. The first-order chi connectivity index (χ1) is 13.2. The second-order valence-electron chi connectivity index (χ2n) is 7.09. The first-order valence-electron chi connectivity index (χ1n) is 9.45. The first-order valence-corrected chi connectivity index (χ1v) is 9.45. The van der Waals surface area contributed by atoms with E-state index in [1.54, 1.807) is 0 Å². The number of carbonyl (C=O) groups excluding carboxylic acids is 1. The summed E-state index contributed by atoms with van der Waals surface area (Å²) in [4.78, 5) is 12.9. The van der Waals surface area contributed by atoms with E-state index in [0.717, 1.165) is 42.4 Å². The number of nitrogens with two attached hydrogens (primary N) is 1. The van der Waals surface area contributed by atoms with E-state index in [0.29, 0.717) is 11.3 Å². The van der Waals surface area contributed by atoms with E-state index in [-0.39, 0.29) is 24.6 Å². The Morgan fingerprint density at radius 1 is 1.04 bits per heavy atom. The Bertz CT molecular complexity index is 912. The van der Waals surface area contributed by atoms with Crippen LogP contribution in [0, 0.1) is 0 Å². The number of para-hydroxylation sites is 2. The minimum absolute atomic E-state index is 0.147. The average Bonchev–Trinajstić information content (AvgIpc) is 3.08. The van der Waals surface area contributed by atoms with E-state index in [9.17, 15) is 4.79 Å². The lowest BCUT2D eigenvalue weighted by molar-refractivity contribution is 0.0896. The smallest absolute Gasteiger partial charge is 0.287 e. The number of furan rings is 1. The Hall–Kier alpha value is -2.79. The largest absolute Gasteiger partial charge is 0.489 e. The molecule has 5 heteroatoms. The zero-order valence-corrected chi connectivity index (χ0v) is 15.2.